The highest BCUT2D eigenvalue weighted by Crippen LogP contribution is 2.26. The molecule has 2 amide bonds. The minimum Gasteiger partial charge on any atom is -0.354 e. The van der Waals surface area contributed by atoms with Gasteiger partial charge in [-0.1, -0.05) is 48.5 Å². The van der Waals surface area contributed by atoms with Crippen LogP contribution < -0.4 is 10.2 Å². The van der Waals surface area contributed by atoms with E-state index in [0.29, 0.717) is 25.9 Å². The summed E-state index contributed by atoms with van der Waals surface area (Å²) >= 11 is 0. The van der Waals surface area contributed by atoms with Gasteiger partial charge in [0.25, 0.3) is 0 Å². The predicted molar refractivity (Wildman–Crippen MR) is 90.3 cm³/mol. The number of anilines is 1. The van der Waals surface area contributed by atoms with Crippen LogP contribution in [0.4, 0.5) is 5.69 Å². The summed E-state index contributed by atoms with van der Waals surface area (Å²) in [5.41, 5.74) is 3.16. The molecule has 4 heteroatoms. The zero-order valence-electron chi connectivity index (χ0n) is 13.0. The van der Waals surface area contributed by atoms with E-state index in [9.17, 15) is 9.59 Å². The van der Waals surface area contributed by atoms with Crippen molar-refractivity contribution in [3.8, 4) is 0 Å². The maximum Gasteiger partial charge on any atom is 0.227 e. The molecule has 0 saturated heterocycles. The fraction of sp³-hybridized carbons (Fsp3) is 0.263. The van der Waals surface area contributed by atoms with Crippen LogP contribution in [-0.2, 0) is 22.4 Å². The number of para-hydroxylation sites is 1. The van der Waals surface area contributed by atoms with Crippen LogP contribution in [0.5, 0.6) is 0 Å². The molecule has 2 aromatic rings. The summed E-state index contributed by atoms with van der Waals surface area (Å²) in [4.78, 5) is 25.9. The van der Waals surface area contributed by atoms with Gasteiger partial charge in [0.1, 0.15) is 0 Å². The van der Waals surface area contributed by atoms with Crippen molar-refractivity contribution in [2.45, 2.75) is 19.3 Å². The van der Waals surface area contributed by atoms with Crippen LogP contribution in [0, 0.1) is 0 Å². The smallest absolute Gasteiger partial charge is 0.227 e. The molecule has 1 heterocycles. The quantitative estimate of drug-likeness (QED) is 0.921. The summed E-state index contributed by atoms with van der Waals surface area (Å²) in [7, 11) is 0. The number of carbonyl (C=O) groups is 2. The molecule has 23 heavy (non-hydrogen) atoms. The molecule has 0 unspecified atom stereocenters. The highest BCUT2D eigenvalue weighted by Gasteiger charge is 2.23. The lowest BCUT2D eigenvalue weighted by atomic mass is 10.0. The number of fused-ring (bicyclic) bond motifs is 1. The fourth-order valence-corrected chi connectivity index (χ4v) is 2.89. The third kappa shape index (κ3) is 3.77. The Balaban J connectivity index is 1.54. The molecule has 0 aromatic heterocycles. The molecule has 118 valence electrons. The maximum atomic E-state index is 12.1. The first-order chi connectivity index (χ1) is 11.2. The molecule has 0 spiro atoms. The molecule has 0 saturated carbocycles. The Kier molecular flexibility index (Phi) is 4.71. The van der Waals surface area contributed by atoms with Gasteiger partial charge in [-0.3, -0.25) is 9.59 Å². The molecule has 0 atom stereocenters. The first-order valence-electron chi connectivity index (χ1n) is 7.93. The first kappa shape index (κ1) is 15.3. The molecule has 0 fully saturated rings. The Morgan fingerprint density at radius 2 is 1.74 bits per heavy atom. The lowest BCUT2D eigenvalue weighted by Gasteiger charge is -2.29. The van der Waals surface area contributed by atoms with E-state index in [-0.39, 0.29) is 11.8 Å². The Morgan fingerprint density at radius 1 is 1.00 bits per heavy atom. The van der Waals surface area contributed by atoms with Crippen molar-refractivity contribution in [1.82, 2.24) is 5.32 Å². The van der Waals surface area contributed by atoms with Crippen LogP contribution in [0.1, 0.15) is 17.5 Å². The van der Waals surface area contributed by atoms with Gasteiger partial charge in [0.15, 0.2) is 0 Å². The molecule has 3 rings (SSSR count). The molecule has 1 N–H and O–H groups in total. The average Bonchev–Trinajstić information content (AvgIpc) is 2.58. The Bertz CT molecular complexity index is 698. The van der Waals surface area contributed by atoms with E-state index in [0.717, 1.165) is 17.7 Å². The summed E-state index contributed by atoms with van der Waals surface area (Å²) in [5, 5.41) is 2.90. The van der Waals surface area contributed by atoms with Crippen molar-refractivity contribution in [3.05, 3.63) is 65.7 Å². The second-order valence-electron chi connectivity index (χ2n) is 5.69. The topological polar surface area (TPSA) is 49.4 Å². The van der Waals surface area contributed by atoms with Gasteiger partial charge in [0.05, 0.1) is 6.42 Å². The number of amides is 2. The molecular weight excluding hydrogens is 288 g/mol. The SMILES string of the molecule is O=C(Cc1ccccc1)NCCN1C(=O)CCc2ccccc21. The van der Waals surface area contributed by atoms with Crippen molar-refractivity contribution < 1.29 is 9.59 Å². The molecule has 0 radical (unpaired) electrons. The molecule has 1 aliphatic heterocycles. The fourth-order valence-electron chi connectivity index (χ4n) is 2.89. The molecule has 0 aliphatic carbocycles. The van der Waals surface area contributed by atoms with Crippen LogP contribution in [0.3, 0.4) is 0 Å². The van der Waals surface area contributed by atoms with Crippen LogP contribution in [0.25, 0.3) is 0 Å². The van der Waals surface area contributed by atoms with Crippen LogP contribution in [0.2, 0.25) is 0 Å². The van der Waals surface area contributed by atoms with E-state index >= 15 is 0 Å². The van der Waals surface area contributed by atoms with E-state index < -0.39 is 0 Å². The largest absolute Gasteiger partial charge is 0.354 e. The second kappa shape index (κ2) is 7.09. The zero-order valence-corrected chi connectivity index (χ0v) is 13.0. The number of benzene rings is 2. The van der Waals surface area contributed by atoms with E-state index in [4.69, 9.17) is 0 Å². The van der Waals surface area contributed by atoms with Gasteiger partial charge in [-0.05, 0) is 23.6 Å². The number of hydrogen-bond donors (Lipinski definition) is 1. The van der Waals surface area contributed by atoms with E-state index in [1.807, 2.05) is 48.5 Å². The molecule has 4 nitrogen and oxygen atoms in total. The molecular formula is C19H20N2O2. The highest BCUT2D eigenvalue weighted by atomic mass is 16.2. The number of nitrogens with one attached hydrogen (secondary N) is 1. The van der Waals surface area contributed by atoms with Crippen molar-refractivity contribution in [2.75, 3.05) is 18.0 Å². The number of aryl methyl sites for hydroxylation is 1. The average molecular weight is 308 g/mol. The summed E-state index contributed by atoms with van der Waals surface area (Å²) in [5.74, 6) is 0.106. The minimum atomic E-state index is -0.0195. The lowest BCUT2D eigenvalue weighted by molar-refractivity contribution is -0.121. The van der Waals surface area contributed by atoms with Crippen LogP contribution in [-0.4, -0.2) is 24.9 Å². The molecule has 0 bridgehead atoms. The van der Waals surface area contributed by atoms with Crippen LogP contribution >= 0.6 is 0 Å². The third-order valence-electron chi connectivity index (χ3n) is 4.06. The van der Waals surface area contributed by atoms with Gasteiger partial charge in [0, 0.05) is 25.2 Å². The van der Waals surface area contributed by atoms with Crippen molar-refractivity contribution in [3.63, 3.8) is 0 Å². The Hall–Kier alpha value is -2.62. The summed E-state index contributed by atoms with van der Waals surface area (Å²) in [6.07, 6.45) is 1.70. The van der Waals surface area contributed by atoms with Crippen molar-refractivity contribution >= 4 is 17.5 Å². The standard InChI is InChI=1S/C19H20N2O2/c22-18(14-15-6-2-1-3-7-15)20-12-13-21-17-9-5-4-8-16(17)10-11-19(21)23/h1-9H,10-14H2,(H,20,22). The number of hydrogen-bond acceptors (Lipinski definition) is 2. The minimum absolute atomic E-state index is 0.0195. The van der Waals surface area contributed by atoms with E-state index in [1.165, 1.54) is 5.56 Å². The normalized spacial score (nSPS) is 13.6. The summed E-state index contributed by atoms with van der Waals surface area (Å²) < 4.78 is 0. The Labute approximate surface area is 136 Å². The predicted octanol–water partition coefficient (Wildman–Crippen LogP) is 2.32. The number of nitrogens with zero attached hydrogens (tertiary/aromatic N) is 1. The zero-order chi connectivity index (χ0) is 16.1. The maximum absolute atomic E-state index is 12.1. The van der Waals surface area contributed by atoms with Gasteiger partial charge in [-0.2, -0.15) is 0 Å². The van der Waals surface area contributed by atoms with Gasteiger partial charge in [-0.15, -0.1) is 0 Å². The number of rotatable bonds is 5. The van der Waals surface area contributed by atoms with Gasteiger partial charge in [-0.25, -0.2) is 0 Å². The van der Waals surface area contributed by atoms with E-state index in [1.54, 1.807) is 4.90 Å². The second-order valence-corrected chi connectivity index (χ2v) is 5.69. The van der Waals surface area contributed by atoms with E-state index in [2.05, 4.69) is 11.4 Å². The third-order valence-corrected chi connectivity index (χ3v) is 4.06. The number of carbonyl (C=O) groups excluding carboxylic acids is 2. The van der Waals surface area contributed by atoms with Gasteiger partial charge >= 0.3 is 0 Å². The Morgan fingerprint density at radius 3 is 2.57 bits per heavy atom. The van der Waals surface area contributed by atoms with Crippen molar-refractivity contribution in [2.24, 2.45) is 0 Å². The first-order valence-corrected chi connectivity index (χ1v) is 7.93. The van der Waals surface area contributed by atoms with Crippen LogP contribution in [0.15, 0.2) is 54.6 Å². The van der Waals surface area contributed by atoms with Gasteiger partial charge < -0.3 is 10.2 Å². The summed E-state index contributed by atoms with van der Waals surface area (Å²) in [6.45, 7) is 0.974. The molecule has 2 aromatic carbocycles. The molecule has 1 aliphatic rings. The van der Waals surface area contributed by atoms with Crippen molar-refractivity contribution in [1.29, 1.82) is 0 Å². The summed E-state index contributed by atoms with van der Waals surface area (Å²) in [6, 6.07) is 17.6. The lowest BCUT2D eigenvalue weighted by Crippen LogP contribution is -2.41. The van der Waals surface area contributed by atoms with Gasteiger partial charge in [0.2, 0.25) is 11.8 Å². The monoisotopic (exact) mass is 308 g/mol. The highest BCUT2D eigenvalue weighted by molar-refractivity contribution is 5.96.